The Kier molecular flexibility index (Phi) is 10.2. The molecule has 2 amide bonds. The topological polar surface area (TPSA) is 129 Å². The lowest BCUT2D eigenvalue weighted by Crippen LogP contribution is -2.44. The van der Waals surface area contributed by atoms with E-state index in [9.17, 15) is 9.59 Å². The second kappa shape index (κ2) is 13.1. The Morgan fingerprint density at radius 2 is 1.83 bits per heavy atom. The first-order chi connectivity index (χ1) is 17.2. The maximum atomic E-state index is 12.7. The van der Waals surface area contributed by atoms with Gasteiger partial charge in [-0.25, -0.2) is 4.79 Å². The Morgan fingerprint density at radius 3 is 2.50 bits per heavy atom. The van der Waals surface area contributed by atoms with E-state index in [1.54, 1.807) is 18.2 Å². The van der Waals surface area contributed by atoms with E-state index in [4.69, 9.17) is 60.5 Å². The lowest BCUT2D eigenvalue weighted by molar-refractivity contribution is 0.0367. The first kappa shape index (κ1) is 28.0. The molecule has 2 aromatic rings. The number of halogens is 3. The molecule has 5 N–H and O–H groups in total. The first-order valence-electron chi connectivity index (χ1n) is 11.3. The molecule has 0 saturated carbocycles. The van der Waals surface area contributed by atoms with Crippen molar-refractivity contribution < 1.29 is 23.8 Å². The lowest BCUT2D eigenvalue weighted by atomic mass is 9.96. The molecule has 3 rings (SSSR count). The molecule has 12 heteroatoms. The number of hydrogen-bond acceptors (Lipinski definition) is 7. The van der Waals surface area contributed by atoms with E-state index in [1.165, 1.54) is 19.2 Å². The second-order valence-corrected chi connectivity index (χ2v) is 9.72. The number of anilines is 1. The van der Waals surface area contributed by atoms with Crippen LogP contribution in [0.5, 0.6) is 11.5 Å². The Bertz CT molecular complexity index is 1080. The average molecular weight is 560 g/mol. The maximum absolute atomic E-state index is 12.7. The molecule has 1 heterocycles. The van der Waals surface area contributed by atoms with Crippen LogP contribution >= 0.6 is 34.8 Å². The fraction of sp³-hybridized carbons (Fsp3) is 0.417. The van der Waals surface area contributed by atoms with Crippen molar-refractivity contribution in [3.8, 4) is 11.5 Å². The predicted octanol–water partition coefficient (Wildman–Crippen LogP) is 4.22. The van der Waals surface area contributed by atoms with Crippen molar-refractivity contribution in [2.75, 3.05) is 45.6 Å². The molecule has 1 fully saturated rings. The zero-order valence-electron chi connectivity index (χ0n) is 19.8. The van der Waals surface area contributed by atoms with E-state index < -0.39 is 12.2 Å². The van der Waals surface area contributed by atoms with Gasteiger partial charge in [0.15, 0.2) is 6.10 Å². The monoisotopic (exact) mass is 558 g/mol. The standard InChI is InChI=1S/C24H29Cl3N4O5/c1-34-21-10-20(28)19(27)9-17(21)23(32)30-11-14-4-6-31(7-5-14)12-16(36-24(29)33)13-35-22-8-15(25)2-3-18(22)26/h2-3,8-10,14,16H,4-7,11-13,28H2,1H3,(H2,29,33)(H,30,32). The van der Waals surface area contributed by atoms with Crippen molar-refractivity contribution in [3.05, 3.63) is 51.0 Å². The van der Waals surface area contributed by atoms with Gasteiger partial charge in [0.25, 0.3) is 5.91 Å². The Morgan fingerprint density at radius 1 is 1.11 bits per heavy atom. The fourth-order valence-corrected chi connectivity index (χ4v) is 4.47. The minimum atomic E-state index is -0.878. The molecule has 1 aliphatic rings. The fourth-order valence-electron chi connectivity index (χ4n) is 3.97. The molecule has 1 saturated heterocycles. The largest absolute Gasteiger partial charge is 0.496 e. The molecule has 0 aromatic heterocycles. The normalized spacial score (nSPS) is 15.2. The van der Waals surface area contributed by atoms with Gasteiger partial charge in [0, 0.05) is 30.2 Å². The van der Waals surface area contributed by atoms with Gasteiger partial charge in [-0.2, -0.15) is 0 Å². The highest BCUT2D eigenvalue weighted by Crippen LogP contribution is 2.29. The number of rotatable bonds is 10. The van der Waals surface area contributed by atoms with Gasteiger partial charge in [0.05, 0.1) is 28.4 Å². The number of methoxy groups -OCH3 is 1. The molecule has 0 spiro atoms. The zero-order chi connectivity index (χ0) is 26.2. The summed E-state index contributed by atoms with van der Waals surface area (Å²) in [5.74, 6) is 0.780. The number of likely N-dealkylation sites (tertiary alicyclic amines) is 1. The van der Waals surface area contributed by atoms with E-state index in [1.807, 2.05) is 0 Å². The number of amides is 2. The molecule has 0 radical (unpaired) electrons. The molecule has 196 valence electrons. The van der Waals surface area contributed by atoms with Crippen LogP contribution in [0.4, 0.5) is 10.5 Å². The minimum Gasteiger partial charge on any atom is -0.496 e. The van der Waals surface area contributed by atoms with Gasteiger partial charge >= 0.3 is 6.09 Å². The molecule has 1 aliphatic heterocycles. The van der Waals surface area contributed by atoms with Crippen LogP contribution in [0, 0.1) is 5.92 Å². The summed E-state index contributed by atoms with van der Waals surface area (Å²) in [6, 6.07) is 7.92. The summed E-state index contributed by atoms with van der Waals surface area (Å²) in [5.41, 5.74) is 11.7. The number of piperidine rings is 1. The van der Waals surface area contributed by atoms with E-state index in [0.717, 1.165) is 25.9 Å². The van der Waals surface area contributed by atoms with Crippen LogP contribution in [-0.2, 0) is 4.74 Å². The van der Waals surface area contributed by atoms with Crippen LogP contribution in [0.25, 0.3) is 0 Å². The summed E-state index contributed by atoms with van der Waals surface area (Å²) in [4.78, 5) is 26.3. The number of nitrogen functional groups attached to an aromatic ring is 1. The number of nitrogens with two attached hydrogens (primary N) is 2. The number of ether oxygens (including phenoxy) is 3. The van der Waals surface area contributed by atoms with Gasteiger partial charge in [-0.15, -0.1) is 0 Å². The molecule has 1 atom stereocenters. The molecule has 0 aliphatic carbocycles. The van der Waals surface area contributed by atoms with Gasteiger partial charge in [-0.05, 0) is 50.0 Å². The predicted molar refractivity (Wildman–Crippen MR) is 140 cm³/mol. The molecular weight excluding hydrogens is 531 g/mol. The molecule has 2 aromatic carbocycles. The third kappa shape index (κ3) is 7.96. The highest BCUT2D eigenvalue weighted by molar-refractivity contribution is 6.34. The van der Waals surface area contributed by atoms with Crippen LogP contribution in [0.3, 0.4) is 0 Å². The smallest absolute Gasteiger partial charge is 0.404 e. The van der Waals surface area contributed by atoms with Crippen molar-refractivity contribution in [3.63, 3.8) is 0 Å². The molecule has 36 heavy (non-hydrogen) atoms. The molecular formula is C24H29Cl3N4O5. The van der Waals surface area contributed by atoms with Gasteiger partial charge in [0.2, 0.25) is 0 Å². The van der Waals surface area contributed by atoms with Crippen molar-refractivity contribution >= 4 is 52.5 Å². The summed E-state index contributed by atoms with van der Waals surface area (Å²) in [7, 11) is 1.47. The molecule has 1 unspecified atom stereocenters. The summed E-state index contributed by atoms with van der Waals surface area (Å²) < 4.78 is 16.2. The first-order valence-corrected chi connectivity index (χ1v) is 12.5. The lowest BCUT2D eigenvalue weighted by Gasteiger charge is -2.34. The molecule has 0 bridgehead atoms. The highest BCUT2D eigenvalue weighted by Gasteiger charge is 2.25. The summed E-state index contributed by atoms with van der Waals surface area (Å²) >= 11 is 18.2. The maximum Gasteiger partial charge on any atom is 0.404 e. The van der Waals surface area contributed by atoms with E-state index in [2.05, 4.69) is 10.2 Å². The minimum absolute atomic E-state index is 0.0744. The van der Waals surface area contributed by atoms with Gasteiger partial charge in [-0.1, -0.05) is 34.8 Å². The van der Waals surface area contributed by atoms with Gasteiger partial charge in [0.1, 0.15) is 18.1 Å². The number of benzene rings is 2. The number of carbonyl (C=O) groups excluding carboxylic acids is 2. The van der Waals surface area contributed by atoms with Crippen molar-refractivity contribution in [1.82, 2.24) is 10.2 Å². The average Bonchev–Trinajstić information content (AvgIpc) is 2.84. The summed E-state index contributed by atoms with van der Waals surface area (Å²) in [6.07, 6.45) is 0.238. The highest BCUT2D eigenvalue weighted by atomic mass is 35.5. The van der Waals surface area contributed by atoms with Gasteiger partial charge < -0.3 is 31.0 Å². The molecule has 9 nitrogen and oxygen atoms in total. The van der Waals surface area contributed by atoms with Crippen molar-refractivity contribution in [1.29, 1.82) is 0 Å². The SMILES string of the molecule is COc1cc(N)c(Cl)cc1C(=O)NCC1CCN(CC(COc2cc(Cl)ccc2Cl)OC(N)=O)CC1. The number of nitrogens with one attached hydrogen (secondary N) is 1. The van der Waals surface area contributed by atoms with E-state index in [-0.39, 0.29) is 18.4 Å². The van der Waals surface area contributed by atoms with Crippen LogP contribution in [0.1, 0.15) is 23.2 Å². The van der Waals surface area contributed by atoms with Gasteiger partial charge in [-0.3, -0.25) is 9.69 Å². The van der Waals surface area contributed by atoms with Crippen LogP contribution < -0.4 is 26.3 Å². The van der Waals surface area contributed by atoms with Crippen molar-refractivity contribution in [2.24, 2.45) is 11.7 Å². The third-order valence-electron chi connectivity index (χ3n) is 5.88. The quantitative estimate of drug-likeness (QED) is 0.372. The summed E-state index contributed by atoms with van der Waals surface area (Å²) in [5, 5.41) is 4.13. The Hall–Kier alpha value is -2.59. The van der Waals surface area contributed by atoms with E-state index in [0.29, 0.717) is 50.9 Å². The van der Waals surface area contributed by atoms with Crippen LogP contribution in [-0.4, -0.2) is 62.9 Å². The Labute approximate surface area is 224 Å². The van der Waals surface area contributed by atoms with Crippen LogP contribution in [0.2, 0.25) is 15.1 Å². The van der Waals surface area contributed by atoms with Crippen LogP contribution in [0.15, 0.2) is 30.3 Å². The number of primary amides is 1. The number of nitrogens with zero attached hydrogens (tertiary/aromatic N) is 1. The number of carbonyl (C=O) groups is 2. The van der Waals surface area contributed by atoms with E-state index >= 15 is 0 Å². The second-order valence-electron chi connectivity index (χ2n) is 8.47. The summed E-state index contributed by atoms with van der Waals surface area (Å²) in [6.45, 7) is 2.55. The third-order valence-corrected chi connectivity index (χ3v) is 6.76. The zero-order valence-corrected chi connectivity index (χ0v) is 22.0. The number of hydrogen-bond donors (Lipinski definition) is 3. The van der Waals surface area contributed by atoms with Crippen molar-refractivity contribution in [2.45, 2.75) is 18.9 Å². The Balaban J connectivity index is 1.48.